The zero-order valence-corrected chi connectivity index (χ0v) is 13.0. The summed E-state index contributed by atoms with van der Waals surface area (Å²) in [4.78, 5) is 14.1. The van der Waals surface area contributed by atoms with Crippen molar-refractivity contribution >= 4 is 5.91 Å². The number of benzene rings is 2. The Balaban J connectivity index is 1.93. The minimum Gasteiger partial charge on any atom is -0.395 e. The van der Waals surface area contributed by atoms with Crippen molar-refractivity contribution in [2.24, 2.45) is 0 Å². The lowest BCUT2D eigenvalue weighted by atomic mass is 10.1. The molecule has 118 valence electrons. The normalized spacial score (nSPS) is 10.1. The Hall–Kier alpha value is -2.64. The van der Waals surface area contributed by atoms with Crippen LogP contribution in [0.3, 0.4) is 0 Å². The number of aliphatic hydroxyl groups excluding tert-OH is 1. The van der Waals surface area contributed by atoms with Gasteiger partial charge in [0, 0.05) is 19.5 Å². The molecule has 0 aliphatic heterocycles. The summed E-state index contributed by atoms with van der Waals surface area (Å²) in [6.07, 6.45) is 1.01. The van der Waals surface area contributed by atoms with Crippen LogP contribution >= 0.6 is 0 Å². The summed E-state index contributed by atoms with van der Waals surface area (Å²) < 4.78 is 0. The number of rotatable bonds is 7. The van der Waals surface area contributed by atoms with Crippen molar-refractivity contribution in [1.82, 2.24) is 4.90 Å². The van der Waals surface area contributed by atoms with Crippen LogP contribution in [0, 0.1) is 11.3 Å². The molecule has 4 nitrogen and oxygen atoms in total. The number of hydrogen-bond acceptors (Lipinski definition) is 3. The highest BCUT2D eigenvalue weighted by Crippen LogP contribution is 2.10. The van der Waals surface area contributed by atoms with Gasteiger partial charge in [-0.2, -0.15) is 5.26 Å². The average molecular weight is 308 g/mol. The molecule has 1 N–H and O–H groups in total. The van der Waals surface area contributed by atoms with Crippen molar-refractivity contribution in [3.8, 4) is 6.07 Å². The van der Waals surface area contributed by atoms with Crippen LogP contribution in [-0.2, 0) is 17.8 Å². The highest BCUT2D eigenvalue weighted by Gasteiger charge is 2.13. The molecule has 2 rings (SSSR count). The predicted molar refractivity (Wildman–Crippen MR) is 88.4 cm³/mol. The molecule has 0 bridgehead atoms. The predicted octanol–water partition coefficient (Wildman–Crippen LogP) is 2.51. The van der Waals surface area contributed by atoms with E-state index in [1.54, 1.807) is 17.0 Å². The first-order valence-electron chi connectivity index (χ1n) is 7.64. The van der Waals surface area contributed by atoms with E-state index >= 15 is 0 Å². The molecule has 0 radical (unpaired) electrons. The van der Waals surface area contributed by atoms with Crippen LogP contribution in [0.5, 0.6) is 0 Å². The van der Waals surface area contributed by atoms with Crippen LogP contribution in [0.15, 0.2) is 54.6 Å². The smallest absolute Gasteiger partial charge is 0.223 e. The lowest BCUT2D eigenvalue weighted by Crippen LogP contribution is -2.33. The lowest BCUT2D eigenvalue weighted by Gasteiger charge is -2.22. The van der Waals surface area contributed by atoms with E-state index in [1.807, 2.05) is 42.5 Å². The Bertz CT molecular complexity index is 660. The molecule has 0 spiro atoms. The molecule has 0 aliphatic carbocycles. The largest absolute Gasteiger partial charge is 0.395 e. The number of aliphatic hydroxyl groups is 1. The number of carbonyl (C=O) groups excluding carboxylic acids is 1. The number of amides is 1. The zero-order chi connectivity index (χ0) is 16.5. The van der Waals surface area contributed by atoms with E-state index in [4.69, 9.17) is 5.26 Å². The maximum absolute atomic E-state index is 12.4. The van der Waals surface area contributed by atoms with Crippen molar-refractivity contribution in [1.29, 1.82) is 5.26 Å². The minimum atomic E-state index is -0.0462. The first-order chi connectivity index (χ1) is 11.2. The molecule has 0 aliphatic rings. The van der Waals surface area contributed by atoms with Gasteiger partial charge in [0.05, 0.1) is 18.2 Å². The molecule has 0 atom stereocenters. The summed E-state index contributed by atoms with van der Waals surface area (Å²) in [5, 5.41) is 18.0. The Morgan fingerprint density at radius 1 is 1.04 bits per heavy atom. The van der Waals surface area contributed by atoms with Crippen molar-refractivity contribution in [3.05, 3.63) is 71.3 Å². The third-order valence-corrected chi connectivity index (χ3v) is 3.65. The van der Waals surface area contributed by atoms with Crippen LogP contribution < -0.4 is 0 Å². The number of carbonyl (C=O) groups is 1. The van der Waals surface area contributed by atoms with E-state index in [2.05, 4.69) is 6.07 Å². The molecule has 2 aromatic rings. The van der Waals surface area contributed by atoms with Gasteiger partial charge in [0.2, 0.25) is 5.91 Å². The van der Waals surface area contributed by atoms with Crippen LogP contribution in [0.1, 0.15) is 23.1 Å². The van der Waals surface area contributed by atoms with Gasteiger partial charge < -0.3 is 10.0 Å². The molecule has 1 amide bonds. The maximum atomic E-state index is 12.4. The van der Waals surface area contributed by atoms with Gasteiger partial charge in [-0.05, 0) is 29.7 Å². The minimum absolute atomic E-state index is 0.0206. The van der Waals surface area contributed by atoms with E-state index in [-0.39, 0.29) is 12.5 Å². The summed E-state index contributed by atoms with van der Waals surface area (Å²) in [6, 6.07) is 19.1. The molecule has 0 unspecified atom stereocenters. The van der Waals surface area contributed by atoms with Gasteiger partial charge in [0.15, 0.2) is 0 Å². The van der Waals surface area contributed by atoms with E-state index in [9.17, 15) is 9.90 Å². The topological polar surface area (TPSA) is 64.3 Å². The second-order valence-electron chi connectivity index (χ2n) is 5.33. The molecule has 2 aromatic carbocycles. The van der Waals surface area contributed by atoms with Crippen LogP contribution in [0.2, 0.25) is 0 Å². The second kappa shape index (κ2) is 8.72. The first-order valence-corrected chi connectivity index (χ1v) is 7.64. The van der Waals surface area contributed by atoms with Gasteiger partial charge in [-0.3, -0.25) is 4.79 Å². The summed E-state index contributed by atoms with van der Waals surface area (Å²) in [7, 11) is 0. The van der Waals surface area contributed by atoms with Gasteiger partial charge in [-0.15, -0.1) is 0 Å². The van der Waals surface area contributed by atoms with Crippen molar-refractivity contribution in [2.45, 2.75) is 19.4 Å². The molecule has 0 aromatic heterocycles. The summed E-state index contributed by atoms with van der Waals surface area (Å²) >= 11 is 0. The Labute approximate surface area is 136 Å². The molecular weight excluding hydrogens is 288 g/mol. The Kier molecular flexibility index (Phi) is 6.34. The van der Waals surface area contributed by atoms with Crippen molar-refractivity contribution in [3.63, 3.8) is 0 Å². The van der Waals surface area contributed by atoms with E-state index in [0.717, 1.165) is 11.1 Å². The lowest BCUT2D eigenvalue weighted by molar-refractivity contribution is -0.132. The quantitative estimate of drug-likeness (QED) is 0.855. The fraction of sp³-hybridized carbons (Fsp3) is 0.263. The molecule has 23 heavy (non-hydrogen) atoms. The van der Waals surface area contributed by atoms with Gasteiger partial charge >= 0.3 is 0 Å². The molecule has 0 heterocycles. The van der Waals surface area contributed by atoms with Gasteiger partial charge in [0.1, 0.15) is 0 Å². The summed E-state index contributed by atoms with van der Waals surface area (Å²) in [5.41, 5.74) is 2.69. The highest BCUT2D eigenvalue weighted by molar-refractivity contribution is 5.76. The number of nitrogens with zero attached hydrogens (tertiary/aromatic N) is 2. The average Bonchev–Trinajstić information content (AvgIpc) is 2.60. The fourth-order valence-corrected chi connectivity index (χ4v) is 2.37. The summed E-state index contributed by atoms with van der Waals surface area (Å²) in [5.74, 6) is 0.0206. The van der Waals surface area contributed by atoms with Crippen LogP contribution in [0.25, 0.3) is 0 Å². The number of aryl methyl sites for hydroxylation is 1. The standard InChI is InChI=1S/C19H20N2O2/c20-14-17-8-6-16(7-9-17)10-11-19(23)21(12-13-22)15-18-4-2-1-3-5-18/h1-9,22H,10-13,15H2. The fourth-order valence-electron chi connectivity index (χ4n) is 2.37. The van der Waals surface area contributed by atoms with Crippen LogP contribution in [0.4, 0.5) is 0 Å². The van der Waals surface area contributed by atoms with Crippen molar-refractivity contribution in [2.75, 3.05) is 13.2 Å². The Morgan fingerprint density at radius 2 is 1.74 bits per heavy atom. The zero-order valence-electron chi connectivity index (χ0n) is 13.0. The molecule has 0 fully saturated rings. The Morgan fingerprint density at radius 3 is 2.35 bits per heavy atom. The van der Waals surface area contributed by atoms with Gasteiger partial charge in [-0.1, -0.05) is 42.5 Å². The number of hydrogen-bond donors (Lipinski definition) is 1. The second-order valence-corrected chi connectivity index (χ2v) is 5.33. The molecule has 0 saturated carbocycles. The molecular formula is C19H20N2O2. The molecule has 0 saturated heterocycles. The van der Waals surface area contributed by atoms with E-state index in [1.165, 1.54) is 0 Å². The van der Waals surface area contributed by atoms with E-state index in [0.29, 0.717) is 31.5 Å². The third-order valence-electron chi connectivity index (χ3n) is 3.65. The van der Waals surface area contributed by atoms with E-state index < -0.39 is 0 Å². The monoisotopic (exact) mass is 308 g/mol. The van der Waals surface area contributed by atoms with Gasteiger partial charge in [0.25, 0.3) is 0 Å². The first kappa shape index (κ1) is 16.7. The maximum Gasteiger partial charge on any atom is 0.223 e. The third kappa shape index (κ3) is 5.24. The van der Waals surface area contributed by atoms with Gasteiger partial charge in [-0.25, -0.2) is 0 Å². The number of nitriles is 1. The van der Waals surface area contributed by atoms with Crippen LogP contribution in [-0.4, -0.2) is 29.1 Å². The highest BCUT2D eigenvalue weighted by atomic mass is 16.3. The summed E-state index contributed by atoms with van der Waals surface area (Å²) in [6.45, 7) is 0.796. The van der Waals surface area contributed by atoms with Crippen molar-refractivity contribution < 1.29 is 9.90 Å². The SMILES string of the molecule is N#Cc1ccc(CCC(=O)N(CCO)Cc2ccccc2)cc1. The molecule has 4 heteroatoms.